The number of fused-ring (bicyclic) bond motifs is 4. The third-order valence-corrected chi connectivity index (χ3v) is 10.1. The monoisotopic (exact) mass is 516 g/mol. The highest BCUT2D eigenvalue weighted by molar-refractivity contribution is 8.02. The Labute approximate surface area is 221 Å². The van der Waals surface area contributed by atoms with Gasteiger partial charge >= 0.3 is 0 Å². The van der Waals surface area contributed by atoms with E-state index in [2.05, 4.69) is 47.6 Å². The van der Waals surface area contributed by atoms with Gasteiger partial charge in [-0.05, 0) is 68.5 Å². The van der Waals surface area contributed by atoms with Gasteiger partial charge in [-0.2, -0.15) is 0 Å². The van der Waals surface area contributed by atoms with Crippen LogP contribution in [-0.4, -0.2) is 40.2 Å². The zero-order valence-corrected chi connectivity index (χ0v) is 23.9. The maximum absolute atomic E-state index is 12.9. The van der Waals surface area contributed by atoms with E-state index in [1.54, 1.807) is 0 Å². The number of carbonyl (C=O) groups is 1. The molecule has 3 heterocycles. The number of ketones is 1. The van der Waals surface area contributed by atoms with Crippen LogP contribution in [-0.2, 0) is 14.3 Å². The Morgan fingerprint density at radius 3 is 2.42 bits per heavy atom. The Bertz CT molecular complexity index is 1020. The molecule has 0 aromatic rings. The van der Waals surface area contributed by atoms with Gasteiger partial charge in [-0.3, -0.25) is 4.79 Å². The molecule has 1 saturated heterocycles. The Morgan fingerprint density at radius 2 is 1.75 bits per heavy atom. The lowest BCUT2D eigenvalue weighted by atomic mass is 9.71. The number of aliphatic hydroxyl groups excluding tert-OH is 1. The highest BCUT2D eigenvalue weighted by Crippen LogP contribution is 2.54. The molecule has 5 nitrogen and oxygen atoms in total. The molecule has 0 amide bonds. The van der Waals surface area contributed by atoms with Crippen molar-refractivity contribution in [1.29, 1.82) is 0 Å². The van der Waals surface area contributed by atoms with Crippen molar-refractivity contribution >= 4 is 17.5 Å². The molecule has 6 heteroatoms. The van der Waals surface area contributed by atoms with E-state index in [0.717, 1.165) is 25.7 Å². The summed E-state index contributed by atoms with van der Waals surface area (Å²) in [5.41, 5.74) is 2.52. The lowest BCUT2D eigenvalue weighted by Crippen LogP contribution is -2.46. The second-order valence-electron chi connectivity index (χ2n) is 12.0. The molecule has 0 radical (unpaired) electrons. The van der Waals surface area contributed by atoms with Crippen LogP contribution in [0, 0.1) is 35.5 Å². The van der Waals surface area contributed by atoms with Crippen LogP contribution in [0.5, 0.6) is 0 Å². The zero-order valence-electron chi connectivity index (χ0n) is 23.1. The number of ether oxygens (including phenoxy) is 2. The molecule has 0 spiro atoms. The van der Waals surface area contributed by atoms with Crippen molar-refractivity contribution in [3.63, 3.8) is 0 Å². The summed E-state index contributed by atoms with van der Waals surface area (Å²) in [6.07, 6.45) is 8.90. The molecule has 4 aliphatic rings. The van der Waals surface area contributed by atoms with Crippen molar-refractivity contribution in [3.05, 3.63) is 45.3 Å². The third-order valence-electron chi connectivity index (χ3n) is 9.19. The number of aliphatic hydroxyl groups is 2. The summed E-state index contributed by atoms with van der Waals surface area (Å²) in [4.78, 5) is 13.6. The van der Waals surface area contributed by atoms with Crippen LogP contribution in [0.2, 0.25) is 0 Å². The van der Waals surface area contributed by atoms with Crippen molar-refractivity contribution in [1.82, 2.24) is 0 Å². The van der Waals surface area contributed by atoms with E-state index < -0.39 is 17.7 Å². The molecule has 2 N–H and O–H groups in total. The van der Waals surface area contributed by atoms with Gasteiger partial charge in [0.05, 0.1) is 17.1 Å². The van der Waals surface area contributed by atoms with Gasteiger partial charge in [0.1, 0.15) is 5.76 Å². The van der Waals surface area contributed by atoms with E-state index in [9.17, 15) is 15.0 Å². The molecule has 9 atom stereocenters. The standard InChI is InChI=1S/C30H44O5S/c1-15-9-10-23-20(6)19(5)21(7)28(34-23)26-25-24(14-22(31)27(26)32)35-30(33,29(25)36-8)18(4)13-17(3)12-16(2)11-15/h11,14-15,17-21,23,28,32-33H,9-10,12-13H2,1-8H3/t15-,17+,18-,19-,20+,21+,23+,28+,30-/m0/s1. The molecule has 4 bridgehead atoms. The van der Waals surface area contributed by atoms with Crippen LogP contribution in [0.1, 0.15) is 74.1 Å². The predicted octanol–water partition coefficient (Wildman–Crippen LogP) is 6.71. The molecular formula is C30H44O5S. The highest BCUT2D eigenvalue weighted by atomic mass is 32.2. The Morgan fingerprint density at radius 1 is 1.06 bits per heavy atom. The number of rotatable bonds is 1. The van der Waals surface area contributed by atoms with Crippen LogP contribution >= 0.6 is 11.8 Å². The SMILES string of the molecule is CSC1=C2C3=CC(=O)C(O)=C2[C@@H]2O[C@H](CC[C@H](C)C=C(C)C[C@@H](C)C[C@H](C)[C@]1(O)O3)[C@H](C)[C@H](C)[C@H]2C. The normalized spacial score (nSPS) is 42.2. The lowest BCUT2D eigenvalue weighted by Gasteiger charge is -2.45. The number of thioether (sulfide) groups is 1. The Balaban J connectivity index is 1.88. The Hall–Kier alpha value is -1.50. The van der Waals surface area contributed by atoms with Crippen LogP contribution in [0.25, 0.3) is 0 Å². The van der Waals surface area contributed by atoms with E-state index >= 15 is 0 Å². The average Bonchev–Trinajstić information content (AvgIpc) is 3.09. The first-order valence-corrected chi connectivity index (χ1v) is 14.8. The minimum atomic E-state index is -1.55. The lowest BCUT2D eigenvalue weighted by molar-refractivity contribution is -0.166. The first-order valence-electron chi connectivity index (χ1n) is 13.6. The molecule has 3 aliphatic heterocycles. The molecule has 1 aliphatic carbocycles. The van der Waals surface area contributed by atoms with Crippen molar-refractivity contribution < 1.29 is 24.5 Å². The van der Waals surface area contributed by atoms with E-state index in [0.29, 0.717) is 45.5 Å². The summed E-state index contributed by atoms with van der Waals surface area (Å²) >= 11 is 1.43. The minimum Gasteiger partial charge on any atom is -0.504 e. The van der Waals surface area contributed by atoms with Crippen LogP contribution < -0.4 is 0 Å². The van der Waals surface area contributed by atoms with Crippen molar-refractivity contribution in [2.24, 2.45) is 35.5 Å². The molecule has 0 unspecified atom stereocenters. The summed E-state index contributed by atoms with van der Waals surface area (Å²) < 4.78 is 13.0. The van der Waals surface area contributed by atoms with E-state index in [4.69, 9.17) is 9.47 Å². The van der Waals surface area contributed by atoms with Gasteiger partial charge < -0.3 is 19.7 Å². The summed E-state index contributed by atoms with van der Waals surface area (Å²) in [5, 5.41) is 23.2. The number of hydrogen-bond donors (Lipinski definition) is 2. The van der Waals surface area contributed by atoms with Crippen LogP contribution in [0.4, 0.5) is 0 Å². The zero-order chi connectivity index (χ0) is 26.5. The van der Waals surface area contributed by atoms with E-state index in [1.165, 1.54) is 23.4 Å². The van der Waals surface area contributed by atoms with Gasteiger partial charge in [0.25, 0.3) is 0 Å². The van der Waals surface area contributed by atoms with Crippen molar-refractivity contribution in [2.45, 2.75) is 92.1 Å². The fraction of sp³-hybridized carbons (Fsp3) is 0.700. The largest absolute Gasteiger partial charge is 0.504 e. The average molecular weight is 517 g/mol. The van der Waals surface area contributed by atoms with Gasteiger partial charge in [0.15, 0.2) is 5.76 Å². The minimum absolute atomic E-state index is 0.0207. The fourth-order valence-electron chi connectivity index (χ4n) is 6.85. The second-order valence-corrected chi connectivity index (χ2v) is 12.8. The summed E-state index contributed by atoms with van der Waals surface area (Å²) in [5.74, 6) is -0.585. The molecule has 4 rings (SSSR count). The Kier molecular flexibility index (Phi) is 7.91. The number of hydrogen-bond acceptors (Lipinski definition) is 6. The van der Waals surface area contributed by atoms with Gasteiger partial charge in [-0.25, -0.2) is 0 Å². The van der Waals surface area contributed by atoms with E-state index in [1.807, 2.05) is 13.2 Å². The molecule has 0 aromatic heterocycles. The fourth-order valence-corrected chi connectivity index (χ4v) is 7.80. The predicted molar refractivity (Wildman–Crippen MR) is 145 cm³/mol. The van der Waals surface area contributed by atoms with Gasteiger partial charge in [0, 0.05) is 23.1 Å². The summed E-state index contributed by atoms with van der Waals surface area (Å²) in [7, 11) is 0. The molecular weight excluding hydrogens is 472 g/mol. The first kappa shape index (κ1) is 27.5. The summed E-state index contributed by atoms with van der Waals surface area (Å²) in [6, 6.07) is 0. The molecule has 36 heavy (non-hydrogen) atoms. The second kappa shape index (κ2) is 10.3. The third kappa shape index (κ3) is 4.74. The van der Waals surface area contributed by atoms with E-state index in [-0.39, 0.29) is 23.7 Å². The maximum Gasteiger partial charge on any atom is 0.244 e. The highest BCUT2D eigenvalue weighted by Gasteiger charge is 2.53. The smallest absolute Gasteiger partial charge is 0.244 e. The molecule has 0 aromatic carbocycles. The van der Waals surface area contributed by atoms with Crippen molar-refractivity contribution in [3.8, 4) is 0 Å². The molecule has 0 saturated carbocycles. The topological polar surface area (TPSA) is 76.0 Å². The molecule has 1 fully saturated rings. The molecule has 200 valence electrons. The number of allylic oxidation sites excluding steroid dienone is 4. The van der Waals surface area contributed by atoms with Gasteiger partial charge in [-0.15, -0.1) is 11.8 Å². The summed E-state index contributed by atoms with van der Waals surface area (Å²) in [6.45, 7) is 15.4. The maximum atomic E-state index is 12.9. The van der Waals surface area contributed by atoms with Crippen LogP contribution in [0.3, 0.4) is 0 Å². The van der Waals surface area contributed by atoms with Crippen LogP contribution in [0.15, 0.2) is 45.3 Å². The van der Waals surface area contributed by atoms with Gasteiger partial charge in [-0.1, -0.05) is 53.2 Å². The quantitative estimate of drug-likeness (QED) is 0.378. The first-order chi connectivity index (χ1) is 16.9. The van der Waals surface area contributed by atoms with Crippen molar-refractivity contribution in [2.75, 3.05) is 6.26 Å². The number of carbonyl (C=O) groups excluding carboxylic acids is 1. The van der Waals surface area contributed by atoms with Gasteiger partial charge in [0.2, 0.25) is 11.6 Å².